The third-order valence-electron chi connectivity index (χ3n) is 8.60. The van der Waals surface area contributed by atoms with Gasteiger partial charge in [0, 0.05) is 68.1 Å². The molecule has 3 aromatic heterocycles. The van der Waals surface area contributed by atoms with Gasteiger partial charge in [-0.05, 0) is 43.0 Å². The second-order valence-electron chi connectivity index (χ2n) is 11.5. The van der Waals surface area contributed by atoms with Crippen LogP contribution in [0.4, 0.5) is 0 Å². The van der Waals surface area contributed by atoms with Crippen LogP contribution in [0.25, 0.3) is 0 Å². The third kappa shape index (κ3) is 5.76. The van der Waals surface area contributed by atoms with Crippen molar-refractivity contribution < 1.29 is 9.59 Å². The van der Waals surface area contributed by atoms with Crippen LogP contribution in [0.1, 0.15) is 76.3 Å². The van der Waals surface area contributed by atoms with E-state index >= 15 is 0 Å². The molecule has 11 heteroatoms. The van der Waals surface area contributed by atoms with Crippen LogP contribution in [0, 0.1) is 5.92 Å². The third-order valence-corrected chi connectivity index (χ3v) is 9.83. The lowest BCUT2D eigenvalue weighted by Gasteiger charge is -2.20. The molecule has 2 fully saturated rings. The van der Waals surface area contributed by atoms with Gasteiger partial charge in [0.05, 0.1) is 18.8 Å². The zero-order valence-corrected chi connectivity index (χ0v) is 23.8. The lowest BCUT2D eigenvalue weighted by Crippen LogP contribution is -2.39. The summed E-state index contributed by atoms with van der Waals surface area (Å²) >= 11 is 1.94. The predicted molar refractivity (Wildman–Crippen MR) is 152 cm³/mol. The van der Waals surface area contributed by atoms with Crippen LogP contribution in [-0.2, 0) is 17.9 Å². The number of carbonyl (C=O) groups is 2. The van der Waals surface area contributed by atoms with Crippen molar-refractivity contribution in [3.05, 3.63) is 68.0 Å². The first kappa shape index (κ1) is 26.9. The van der Waals surface area contributed by atoms with Crippen LogP contribution in [0.3, 0.4) is 0 Å². The summed E-state index contributed by atoms with van der Waals surface area (Å²) in [4.78, 5) is 45.8. The maximum atomic E-state index is 13.1. The van der Waals surface area contributed by atoms with E-state index in [2.05, 4.69) is 32.7 Å². The van der Waals surface area contributed by atoms with Gasteiger partial charge in [-0.2, -0.15) is 0 Å². The first-order valence-corrected chi connectivity index (χ1v) is 15.2. The molecule has 0 spiro atoms. The molecular formula is C29H37N7O3S. The molecule has 10 nitrogen and oxygen atoms in total. The molecule has 2 amide bonds. The Labute approximate surface area is 238 Å². The number of thiophene rings is 1. The van der Waals surface area contributed by atoms with Crippen molar-refractivity contribution in [3.63, 3.8) is 0 Å². The van der Waals surface area contributed by atoms with Gasteiger partial charge >= 0.3 is 0 Å². The Kier molecular flexibility index (Phi) is 7.84. The van der Waals surface area contributed by atoms with E-state index in [1.165, 1.54) is 51.3 Å². The fourth-order valence-electron chi connectivity index (χ4n) is 6.40. The van der Waals surface area contributed by atoms with Gasteiger partial charge in [-0.3, -0.25) is 19.3 Å². The summed E-state index contributed by atoms with van der Waals surface area (Å²) < 4.78 is 3.37. The van der Waals surface area contributed by atoms with E-state index < -0.39 is 0 Å². The van der Waals surface area contributed by atoms with Crippen molar-refractivity contribution in [2.45, 2.75) is 63.6 Å². The number of likely N-dealkylation sites (tertiary alicyclic amines) is 1. The SMILES string of the molecule is CN1CCNC(=O)C[C@H]2CN(Cc3ccc(C4CCCCC4)s3)C[C@H]2n2cc(nn2)Cn2cccc(c2=O)C1=O. The zero-order chi connectivity index (χ0) is 27.6. The number of hydrogen-bond donors (Lipinski definition) is 1. The molecule has 1 aliphatic carbocycles. The molecule has 212 valence electrons. The van der Waals surface area contributed by atoms with Gasteiger partial charge < -0.3 is 14.8 Å². The second-order valence-corrected chi connectivity index (χ2v) is 12.7. The number of nitrogens with zero attached hydrogens (tertiary/aromatic N) is 6. The highest BCUT2D eigenvalue weighted by Crippen LogP contribution is 2.38. The van der Waals surface area contributed by atoms with E-state index in [4.69, 9.17) is 0 Å². The van der Waals surface area contributed by atoms with Crippen molar-refractivity contribution >= 4 is 23.2 Å². The van der Waals surface area contributed by atoms with Crippen LogP contribution in [0.15, 0.2) is 41.5 Å². The topological polar surface area (TPSA) is 105 Å². The van der Waals surface area contributed by atoms with Gasteiger partial charge in [0.15, 0.2) is 0 Å². The van der Waals surface area contributed by atoms with Gasteiger partial charge in [-0.1, -0.05) is 24.5 Å². The minimum Gasteiger partial charge on any atom is -0.354 e. The number of amides is 2. The summed E-state index contributed by atoms with van der Waals surface area (Å²) in [7, 11) is 1.65. The fraction of sp³-hybridized carbons (Fsp3) is 0.552. The van der Waals surface area contributed by atoms with E-state index in [0.717, 1.165) is 19.6 Å². The van der Waals surface area contributed by atoms with Crippen molar-refractivity contribution in [2.75, 3.05) is 33.2 Å². The van der Waals surface area contributed by atoms with Crippen LogP contribution >= 0.6 is 11.3 Å². The maximum Gasteiger partial charge on any atom is 0.263 e. The van der Waals surface area contributed by atoms with E-state index in [0.29, 0.717) is 31.1 Å². The highest BCUT2D eigenvalue weighted by Gasteiger charge is 2.36. The number of fused-ring (bicyclic) bond motifs is 6. The lowest BCUT2D eigenvalue weighted by atomic mass is 9.88. The number of likely N-dealkylation sites (N-methyl/N-ethyl adjacent to an activating group) is 1. The molecule has 0 unspecified atom stereocenters. The first-order chi connectivity index (χ1) is 19.4. The van der Waals surface area contributed by atoms with Crippen molar-refractivity contribution in [1.82, 2.24) is 34.7 Å². The Morgan fingerprint density at radius 1 is 1.07 bits per heavy atom. The maximum absolute atomic E-state index is 13.1. The van der Waals surface area contributed by atoms with Gasteiger partial charge in [-0.15, -0.1) is 16.4 Å². The van der Waals surface area contributed by atoms with Crippen LogP contribution in [0.5, 0.6) is 0 Å². The number of carbonyl (C=O) groups excluding carboxylic acids is 2. The summed E-state index contributed by atoms with van der Waals surface area (Å²) in [5, 5.41) is 11.8. The fourth-order valence-corrected chi connectivity index (χ4v) is 7.63. The van der Waals surface area contributed by atoms with Crippen LogP contribution < -0.4 is 10.9 Å². The number of aromatic nitrogens is 4. The standard InChI is InChI=1S/C29H37N7O3S/c1-33-13-11-30-27(37)14-21-15-34(18-23-9-10-26(40-23)20-6-3-2-4-7-20)19-25(21)36-17-22(31-32-36)16-35-12-5-8-24(28(33)38)29(35)39/h5,8-10,12,17,20-21,25H,2-4,6-7,11,13-16,18-19H2,1H3,(H,30,37)/t21-,25+/m0/s1. The molecule has 0 radical (unpaired) electrons. The summed E-state index contributed by atoms with van der Waals surface area (Å²) in [6.07, 6.45) is 10.6. The molecule has 1 N–H and O–H groups in total. The number of pyridine rings is 1. The number of hydrogen-bond acceptors (Lipinski definition) is 7. The lowest BCUT2D eigenvalue weighted by molar-refractivity contribution is -0.122. The van der Waals surface area contributed by atoms with Gasteiger partial charge in [0.2, 0.25) is 5.91 Å². The summed E-state index contributed by atoms with van der Waals surface area (Å²) in [6, 6.07) is 7.85. The first-order valence-electron chi connectivity index (χ1n) is 14.4. The summed E-state index contributed by atoms with van der Waals surface area (Å²) in [5.74, 6) is 0.382. The largest absolute Gasteiger partial charge is 0.354 e. The molecule has 1 saturated carbocycles. The highest BCUT2D eigenvalue weighted by molar-refractivity contribution is 7.12. The van der Waals surface area contributed by atoms with Gasteiger partial charge in [0.1, 0.15) is 11.3 Å². The zero-order valence-electron chi connectivity index (χ0n) is 23.0. The molecule has 6 rings (SSSR count). The Morgan fingerprint density at radius 3 is 2.77 bits per heavy atom. The van der Waals surface area contributed by atoms with Gasteiger partial charge in [-0.25, -0.2) is 4.68 Å². The van der Waals surface area contributed by atoms with Crippen LogP contribution in [-0.4, -0.2) is 74.4 Å². The van der Waals surface area contributed by atoms with Crippen LogP contribution in [0.2, 0.25) is 0 Å². The molecule has 3 aromatic rings. The average Bonchev–Trinajstić information content (AvgIpc) is 3.70. The normalized spacial score (nSPS) is 23.3. The minimum atomic E-state index is -0.365. The predicted octanol–water partition coefficient (Wildman–Crippen LogP) is 2.86. The molecule has 2 aliphatic heterocycles. The van der Waals surface area contributed by atoms with E-state index in [1.54, 1.807) is 25.4 Å². The summed E-state index contributed by atoms with van der Waals surface area (Å²) in [6.45, 7) is 3.32. The molecule has 0 aromatic carbocycles. The second kappa shape index (κ2) is 11.7. The van der Waals surface area contributed by atoms with Gasteiger partial charge in [0.25, 0.3) is 11.5 Å². The van der Waals surface area contributed by atoms with Crippen molar-refractivity contribution in [2.24, 2.45) is 5.92 Å². The van der Waals surface area contributed by atoms with E-state index in [9.17, 15) is 14.4 Å². The van der Waals surface area contributed by atoms with Crippen molar-refractivity contribution in [1.29, 1.82) is 0 Å². The Bertz CT molecular complexity index is 1420. The molecule has 4 bridgehead atoms. The summed E-state index contributed by atoms with van der Waals surface area (Å²) in [5.41, 5.74) is 0.380. The average molecular weight is 564 g/mol. The van der Waals surface area contributed by atoms with Crippen molar-refractivity contribution in [3.8, 4) is 0 Å². The number of rotatable bonds is 3. The smallest absolute Gasteiger partial charge is 0.263 e. The Balaban J connectivity index is 1.23. The quantitative estimate of drug-likeness (QED) is 0.526. The monoisotopic (exact) mass is 563 g/mol. The molecular weight excluding hydrogens is 526 g/mol. The Hall–Kier alpha value is -3.31. The number of nitrogens with one attached hydrogen (secondary N) is 1. The Morgan fingerprint density at radius 2 is 1.93 bits per heavy atom. The molecule has 40 heavy (non-hydrogen) atoms. The van der Waals surface area contributed by atoms with E-state index in [1.807, 2.05) is 22.2 Å². The molecule has 1 saturated heterocycles. The molecule has 2 atom stereocenters. The molecule has 3 aliphatic rings. The minimum absolute atomic E-state index is 0.00462. The molecule has 5 heterocycles. The highest BCUT2D eigenvalue weighted by atomic mass is 32.1. The van der Waals surface area contributed by atoms with E-state index in [-0.39, 0.29) is 41.4 Å².